The van der Waals surface area contributed by atoms with Crippen LogP contribution in [0.15, 0.2) is 18.2 Å². The summed E-state index contributed by atoms with van der Waals surface area (Å²) in [6.45, 7) is 7.32. The molecular formula is C15H18ClN3O. The van der Waals surface area contributed by atoms with Crippen molar-refractivity contribution in [2.45, 2.75) is 38.3 Å². The number of rotatable bonds is 3. The number of amides is 1. The molecule has 1 aromatic rings. The van der Waals surface area contributed by atoms with Crippen LogP contribution in [0.5, 0.6) is 0 Å². The zero-order chi connectivity index (χ0) is 14.5. The molecule has 0 bridgehead atoms. The molecule has 0 saturated heterocycles. The predicted octanol–water partition coefficient (Wildman–Crippen LogP) is 3.02. The lowest BCUT2D eigenvalue weighted by atomic mass is 9.86. The van der Waals surface area contributed by atoms with Gasteiger partial charge in [0.25, 0.3) is 0 Å². The van der Waals surface area contributed by atoms with Gasteiger partial charge in [0.1, 0.15) is 0 Å². The number of carbonyl (C=O) groups excluding carboxylic acids is 1. The third-order valence-electron chi connectivity index (χ3n) is 3.76. The average molecular weight is 292 g/mol. The summed E-state index contributed by atoms with van der Waals surface area (Å²) < 4.78 is 0. The van der Waals surface area contributed by atoms with E-state index in [0.717, 1.165) is 31.2 Å². The number of halogens is 1. The first-order valence-corrected chi connectivity index (χ1v) is 7.17. The van der Waals surface area contributed by atoms with E-state index >= 15 is 0 Å². The molecule has 20 heavy (non-hydrogen) atoms. The number of nitrogens with zero attached hydrogens (tertiary/aromatic N) is 1. The van der Waals surface area contributed by atoms with Crippen molar-refractivity contribution in [3.8, 4) is 0 Å². The van der Waals surface area contributed by atoms with Gasteiger partial charge in [-0.3, -0.25) is 4.79 Å². The molecule has 0 aliphatic heterocycles. The van der Waals surface area contributed by atoms with Crippen LogP contribution in [0.25, 0.3) is 4.85 Å². The third kappa shape index (κ3) is 3.72. The van der Waals surface area contributed by atoms with Crippen LogP contribution in [-0.4, -0.2) is 11.9 Å². The van der Waals surface area contributed by atoms with Gasteiger partial charge in [0.2, 0.25) is 5.91 Å². The molecule has 1 aliphatic rings. The van der Waals surface area contributed by atoms with E-state index < -0.39 is 0 Å². The van der Waals surface area contributed by atoms with Crippen molar-refractivity contribution in [1.82, 2.24) is 5.32 Å². The highest BCUT2D eigenvalue weighted by atomic mass is 35.5. The Morgan fingerprint density at radius 1 is 1.40 bits per heavy atom. The molecule has 5 heteroatoms. The van der Waals surface area contributed by atoms with Gasteiger partial charge in [-0.2, -0.15) is 0 Å². The summed E-state index contributed by atoms with van der Waals surface area (Å²) in [5.74, 6) is 0.137. The van der Waals surface area contributed by atoms with Crippen molar-refractivity contribution >= 4 is 23.2 Å². The van der Waals surface area contributed by atoms with Crippen LogP contribution in [0.3, 0.4) is 0 Å². The fraction of sp³-hybridized carbons (Fsp3) is 0.467. The summed E-state index contributed by atoms with van der Waals surface area (Å²) >= 11 is 6.09. The lowest BCUT2D eigenvalue weighted by Gasteiger charge is -2.25. The van der Waals surface area contributed by atoms with Crippen LogP contribution in [0.1, 0.15) is 31.2 Å². The first kappa shape index (κ1) is 14.8. The molecule has 4 nitrogen and oxygen atoms in total. The van der Waals surface area contributed by atoms with Crippen molar-refractivity contribution < 1.29 is 4.79 Å². The summed E-state index contributed by atoms with van der Waals surface area (Å²) in [6, 6.07) is 5.36. The minimum atomic E-state index is 0.0658. The van der Waals surface area contributed by atoms with Crippen molar-refractivity contribution in [2.24, 2.45) is 11.7 Å². The number of benzene rings is 1. The van der Waals surface area contributed by atoms with E-state index in [0.29, 0.717) is 17.3 Å². The number of carbonyl (C=O) groups is 1. The topological polar surface area (TPSA) is 59.5 Å². The van der Waals surface area contributed by atoms with Gasteiger partial charge in [-0.05, 0) is 37.3 Å². The van der Waals surface area contributed by atoms with Gasteiger partial charge in [0.15, 0.2) is 5.69 Å². The minimum Gasteiger partial charge on any atom is -0.352 e. The van der Waals surface area contributed by atoms with E-state index in [4.69, 9.17) is 23.9 Å². The molecule has 3 N–H and O–H groups in total. The lowest BCUT2D eigenvalue weighted by molar-refractivity contribution is -0.126. The van der Waals surface area contributed by atoms with E-state index in [1.807, 2.05) is 0 Å². The zero-order valence-electron chi connectivity index (χ0n) is 11.2. The smallest absolute Gasteiger partial charge is 0.223 e. The van der Waals surface area contributed by atoms with Crippen molar-refractivity contribution in [3.63, 3.8) is 0 Å². The van der Waals surface area contributed by atoms with Crippen LogP contribution in [0.4, 0.5) is 5.69 Å². The van der Waals surface area contributed by atoms with Gasteiger partial charge in [0.05, 0.1) is 6.57 Å². The largest absolute Gasteiger partial charge is 0.352 e. The minimum absolute atomic E-state index is 0.0658. The Morgan fingerprint density at radius 3 is 2.70 bits per heavy atom. The normalized spacial score (nSPS) is 22.1. The standard InChI is InChI=1S/C15H18ClN3O/c1-18-13-7-4-11(14(16)8-13)9-19-15(20)10-2-5-12(17)6-3-10/h4,7-8,10,12H,2-3,5-6,9,17H2,(H,19,20). The van der Waals surface area contributed by atoms with E-state index in [1.54, 1.807) is 18.2 Å². The molecule has 1 amide bonds. The fourth-order valence-corrected chi connectivity index (χ4v) is 2.70. The van der Waals surface area contributed by atoms with Crippen LogP contribution in [-0.2, 0) is 11.3 Å². The van der Waals surface area contributed by atoms with E-state index in [1.165, 1.54) is 0 Å². The van der Waals surface area contributed by atoms with Crippen molar-refractivity contribution in [2.75, 3.05) is 0 Å². The third-order valence-corrected chi connectivity index (χ3v) is 4.11. The van der Waals surface area contributed by atoms with Gasteiger partial charge in [-0.15, -0.1) is 0 Å². The molecule has 1 fully saturated rings. The maximum atomic E-state index is 12.1. The molecule has 0 aromatic heterocycles. The Morgan fingerprint density at radius 2 is 2.10 bits per heavy atom. The molecule has 0 radical (unpaired) electrons. The number of nitrogens with two attached hydrogens (primary N) is 1. The van der Waals surface area contributed by atoms with E-state index in [2.05, 4.69) is 10.2 Å². The van der Waals surface area contributed by atoms with Gasteiger partial charge >= 0.3 is 0 Å². The Kier molecular flexibility index (Phi) is 4.99. The highest BCUT2D eigenvalue weighted by molar-refractivity contribution is 6.31. The zero-order valence-corrected chi connectivity index (χ0v) is 12.0. The Bertz CT molecular complexity index is 530. The Labute approximate surface area is 124 Å². The van der Waals surface area contributed by atoms with Gasteiger partial charge < -0.3 is 11.1 Å². The maximum Gasteiger partial charge on any atom is 0.223 e. The summed E-state index contributed by atoms with van der Waals surface area (Å²) in [4.78, 5) is 15.4. The molecule has 106 valence electrons. The quantitative estimate of drug-likeness (QED) is 0.841. The summed E-state index contributed by atoms with van der Waals surface area (Å²) in [5, 5.41) is 3.44. The monoisotopic (exact) mass is 291 g/mol. The predicted molar refractivity (Wildman–Crippen MR) is 79.5 cm³/mol. The first-order chi connectivity index (χ1) is 9.60. The van der Waals surface area contributed by atoms with Crippen molar-refractivity contribution in [1.29, 1.82) is 0 Å². The molecule has 0 atom stereocenters. The van der Waals surface area contributed by atoms with Gasteiger partial charge in [0, 0.05) is 23.5 Å². The Balaban J connectivity index is 1.89. The molecule has 1 saturated carbocycles. The van der Waals surface area contributed by atoms with Crippen LogP contribution in [0, 0.1) is 12.5 Å². The van der Waals surface area contributed by atoms with Crippen LogP contribution < -0.4 is 11.1 Å². The molecule has 0 unspecified atom stereocenters. The summed E-state index contributed by atoms with van der Waals surface area (Å²) in [6.07, 6.45) is 3.55. The highest BCUT2D eigenvalue weighted by Gasteiger charge is 2.24. The molecule has 0 spiro atoms. The molecule has 0 heterocycles. The lowest BCUT2D eigenvalue weighted by Crippen LogP contribution is -2.35. The van der Waals surface area contributed by atoms with Crippen molar-refractivity contribution in [3.05, 3.63) is 40.2 Å². The van der Waals surface area contributed by atoms with Crippen LogP contribution in [0.2, 0.25) is 5.02 Å². The number of nitrogens with one attached hydrogen (secondary N) is 1. The van der Waals surface area contributed by atoms with Crippen LogP contribution >= 0.6 is 11.6 Å². The summed E-state index contributed by atoms with van der Waals surface area (Å²) in [5.41, 5.74) is 7.18. The molecule has 1 aromatic carbocycles. The maximum absolute atomic E-state index is 12.1. The fourth-order valence-electron chi connectivity index (χ4n) is 2.46. The van der Waals surface area contributed by atoms with Gasteiger partial charge in [-0.1, -0.05) is 23.7 Å². The summed E-state index contributed by atoms with van der Waals surface area (Å²) in [7, 11) is 0. The second-order valence-corrected chi connectivity index (χ2v) is 5.62. The molecule has 1 aliphatic carbocycles. The average Bonchev–Trinajstić information content (AvgIpc) is 2.46. The highest BCUT2D eigenvalue weighted by Crippen LogP contribution is 2.25. The first-order valence-electron chi connectivity index (χ1n) is 6.79. The van der Waals surface area contributed by atoms with E-state index in [9.17, 15) is 4.79 Å². The molecule has 2 rings (SSSR count). The second-order valence-electron chi connectivity index (χ2n) is 5.22. The van der Waals surface area contributed by atoms with E-state index in [-0.39, 0.29) is 17.9 Å². The second kappa shape index (κ2) is 6.74. The van der Waals surface area contributed by atoms with Gasteiger partial charge in [-0.25, -0.2) is 4.85 Å². The Hall–Kier alpha value is -1.57. The SMILES string of the molecule is [C-]#[N+]c1ccc(CNC(=O)C2CCC(N)CC2)c(Cl)c1. The number of hydrogen-bond acceptors (Lipinski definition) is 2. The molecular weight excluding hydrogens is 274 g/mol. The number of hydrogen-bond donors (Lipinski definition) is 2.